The van der Waals surface area contributed by atoms with E-state index in [9.17, 15) is 18.0 Å². The average molecular weight is 314 g/mol. The number of carboxylic acids is 1. The molecule has 18 heavy (non-hydrogen) atoms. The van der Waals surface area contributed by atoms with Crippen molar-refractivity contribution in [3.8, 4) is 0 Å². The van der Waals surface area contributed by atoms with E-state index >= 15 is 0 Å². The van der Waals surface area contributed by atoms with Gasteiger partial charge in [-0.05, 0) is 25.8 Å². The first-order valence-corrected chi connectivity index (χ1v) is 4.62. The van der Waals surface area contributed by atoms with Gasteiger partial charge >= 0.3 is 12.1 Å². The Morgan fingerprint density at radius 1 is 1.28 bits per heavy atom. The monoisotopic (exact) mass is 313 g/mol. The van der Waals surface area contributed by atoms with Gasteiger partial charge < -0.3 is 16.6 Å². The zero-order valence-corrected chi connectivity index (χ0v) is 10.9. The smallest absolute Gasteiger partial charge is 0.448 e. The van der Waals surface area contributed by atoms with Crippen LogP contribution in [0.1, 0.15) is 19.3 Å². The first-order valence-electron chi connectivity index (χ1n) is 4.62. The highest BCUT2D eigenvalue weighted by Crippen LogP contribution is 2.16. The highest BCUT2D eigenvalue weighted by molar-refractivity contribution is 5.88. The third-order valence-corrected chi connectivity index (χ3v) is 1.80. The van der Waals surface area contributed by atoms with E-state index < -0.39 is 24.0 Å². The van der Waals surface area contributed by atoms with E-state index in [0.717, 1.165) is 0 Å². The Hall–Kier alpha value is -0.730. The van der Waals surface area contributed by atoms with Crippen LogP contribution in [0.15, 0.2) is 4.99 Å². The second-order valence-electron chi connectivity index (χ2n) is 3.15. The highest BCUT2D eigenvalue weighted by Gasteiger charge is 2.34. The molecule has 110 valence electrons. The Kier molecular flexibility index (Phi) is 12.7. The van der Waals surface area contributed by atoms with Gasteiger partial charge in [-0.2, -0.15) is 13.2 Å². The number of unbranched alkanes of at least 4 members (excludes halogenated alkanes) is 1. The summed E-state index contributed by atoms with van der Waals surface area (Å²) in [7, 11) is 0. The van der Waals surface area contributed by atoms with Gasteiger partial charge in [0.15, 0.2) is 0 Å². The fourth-order valence-electron chi connectivity index (χ4n) is 0.966. The van der Waals surface area contributed by atoms with E-state index in [4.69, 9.17) is 10.8 Å². The number of halogens is 5. The molecule has 0 unspecified atom stereocenters. The molecule has 0 amide bonds. The third-order valence-electron chi connectivity index (χ3n) is 1.80. The van der Waals surface area contributed by atoms with Crippen LogP contribution in [0.5, 0.6) is 0 Å². The molecule has 0 bridgehead atoms. The molecule has 0 aromatic heterocycles. The molecule has 0 saturated carbocycles. The summed E-state index contributed by atoms with van der Waals surface area (Å²) in [6, 6.07) is -1.46. The molecule has 0 fully saturated rings. The molecule has 5 nitrogen and oxygen atoms in total. The van der Waals surface area contributed by atoms with Gasteiger partial charge in [0, 0.05) is 0 Å². The minimum Gasteiger partial charge on any atom is -0.480 e. The van der Waals surface area contributed by atoms with Gasteiger partial charge in [0.05, 0.1) is 0 Å². The lowest BCUT2D eigenvalue weighted by Crippen LogP contribution is -2.34. The Morgan fingerprint density at radius 3 is 2.11 bits per heavy atom. The van der Waals surface area contributed by atoms with Crippen molar-refractivity contribution in [2.75, 3.05) is 6.54 Å². The fourth-order valence-corrected chi connectivity index (χ4v) is 0.966. The summed E-state index contributed by atoms with van der Waals surface area (Å²) in [6.45, 7) is 0.352. The summed E-state index contributed by atoms with van der Waals surface area (Å²) < 4.78 is 36.0. The van der Waals surface area contributed by atoms with Crippen molar-refractivity contribution in [1.29, 1.82) is 0 Å². The number of amidine groups is 1. The van der Waals surface area contributed by atoms with Crippen LogP contribution in [-0.2, 0) is 4.79 Å². The molecule has 1 atom stereocenters. The van der Waals surface area contributed by atoms with Crippen molar-refractivity contribution in [1.82, 2.24) is 0 Å². The van der Waals surface area contributed by atoms with Crippen molar-refractivity contribution >= 4 is 36.6 Å². The normalized spacial score (nSPS) is 13.2. The molecule has 0 saturated heterocycles. The number of nitrogens with two attached hydrogens (primary N) is 2. The van der Waals surface area contributed by atoms with Gasteiger partial charge in [0.25, 0.3) is 0 Å². The van der Waals surface area contributed by atoms with Gasteiger partial charge in [-0.3, -0.25) is 0 Å². The Bertz CT molecular complexity index is 275. The zero-order chi connectivity index (χ0) is 12.8. The van der Waals surface area contributed by atoms with Crippen LogP contribution in [0.25, 0.3) is 0 Å². The maximum absolute atomic E-state index is 12.0. The molecule has 10 heteroatoms. The fraction of sp³-hybridized carbons (Fsp3) is 0.750. The SMILES string of the molecule is Cl.Cl.NCCCC[C@H](N=C(N)C(F)(F)F)C(=O)O. The molecule has 0 radical (unpaired) electrons. The van der Waals surface area contributed by atoms with Crippen molar-refractivity contribution < 1.29 is 23.1 Å². The number of hydrogen-bond donors (Lipinski definition) is 3. The maximum Gasteiger partial charge on any atom is 0.448 e. The van der Waals surface area contributed by atoms with E-state index in [1.165, 1.54) is 0 Å². The van der Waals surface area contributed by atoms with Crippen LogP contribution in [0, 0.1) is 0 Å². The van der Waals surface area contributed by atoms with Crippen LogP contribution < -0.4 is 11.5 Å². The molecular formula is C8H16Cl2F3N3O2. The van der Waals surface area contributed by atoms with Gasteiger partial charge in [0.2, 0.25) is 5.84 Å². The second-order valence-corrected chi connectivity index (χ2v) is 3.15. The summed E-state index contributed by atoms with van der Waals surface area (Å²) >= 11 is 0. The number of carbonyl (C=O) groups is 1. The highest BCUT2D eigenvalue weighted by atomic mass is 35.5. The van der Waals surface area contributed by atoms with Crippen LogP contribution in [0.4, 0.5) is 13.2 Å². The summed E-state index contributed by atoms with van der Waals surface area (Å²) in [6.07, 6.45) is -3.88. The van der Waals surface area contributed by atoms with Crippen molar-refractivity contribution in [3.63, 3.8) is 0 Å². The van der Waals surface area contributed by atoms with E-state index in [-0.39, 0.29) is 31.2 Å². The van der Waals surface area contributed by atoms with Crippen molar-refractivity contribution in [3.05, 3.63) is 0 Å². The average Bonchev–Trinajstić information content (AvgIpc) is 2.14. The number of carboxylic acid groups (broad SMARTS) is 1. The lowest BCUT2D eigenvalue weighted by molar-refractivity contribution is -0.138. The molecule has 0 heterocycles. The first kappa shape index (κ1) is 22.5. The summed E-state index contributed by atoms with van der Waals surface area (Å²) in [4.78, 5) is 13.5. The molecule has 0 aromatic rings. The second kappa shape index (κ2) is 10.2. The standard InChI is InChI=1S/C8H14F3N3O2.2ClH/c9-8(10,11)7(13)14-5(6(15)16)3-1-2-4-12;;/h5H,1-4,12H2,(H2,13,14)(H,15,16);2*1H/t5-;;/m0../s1. The third kappa shape index (κ3) is 9.32. The Morgan fingerprint density at radius 2 is 1.78 bits per heavy atom. The predicted octanol–water partition coefficient (Wildman–Crippen LogP) is 1.33. The van der Waals surface area contributed by atoms with E-state index in [1.807, 2.05) is 0 Å². The molecule has 5 N–H and O–H groups in total. The first-order chi connectivity index (χ1) is 7.29. The predicted molar refractivity (Wildman–Crippen MR) is 66.5 cm³/mol. The number of rotatable bonds is 6. The molecule has 0 aliphatic rings. The Balaban J connectivity index is -0.00000112. The van der Waals surface area contributed by atoms with Crippen molar-refractivity contribution in [2.45, 2.75) is 31.5 Å². The van der Waals surface area contributed by atoms with E-state index in [2.05, 4.69) is 10.7 Å². The van der Waals surface area contributed by atoms with E-state index in [1.54, 1.807) is 0 Å². The number of aliphatic imine (C=N–C) groups is 1. The summed E-state index contributed by atoms with van der Waals surface area (Å²) in [5.41, 5.74) is 9.80. The minimum atomic E-state index is -4.79. The molecule has 0 aromatic carbocycles. The largest absolute Gasteiger partial charge is 0.480 e. The number of hydrogen-bond acceptors (Lipinski definition) is 3. The number of nitrogens with zero attached hydrogens (tertiary/aromatic N) is 1. The van der Waals surface area contributed by atoms with Crippen LogP contribution in [-0.4, -0.2) is 35.7 Å². The lowest BCUT2D eigenvalue weighted by atomic mass is 10.1. The van der Waals surface area contributed by atoms with E-state index in [0.29, 0.717) is 19.4 Å². The number of alkyl halides is 3. The molecular weight excluding hydrogens is 298 g/mol. The van der Waals surface area contributed by atoms with Crippen LogP contribution >= 0.6 is 24.8 Å². The summed E-state index contributed by atoms with van der Waals surface area (Å²) in [5.74, 6) is -3.04. The molecule has 0 aliphatic carbocycles. The van der Waals surface area contributed by atoms with Gasteiger partial charge in [0.1, 0.15) is 6.04 Å². The zero-order valence-electron chi connectivity index (χ0n) is 9.31. The van der Waals surface area contributed by atoms with Gasteiger partial charge in [-0.25, -0.2) is 9.79 Å². The van der Waals surface area contributed by atoms with Crippen molar-refractivity contribution in [2.24, 2.45) is 16.5 Å². The van der Waals surface area contributed by atoms with Gasteiger partial charge in [-0.15, -0.1) is 24.8 Å². The molecule has 0 rings (SSSR count). The Labute approximate surface area is 115 Å². The maximum atomic E-state index is 12.0. The summed E-state index contributed by atoms with van der Waals surface area (Å²) in [5, 5.41) is 8.63. The lowest BCUT2D eigenvalue weighted by Gasteiger charge is -2.10. The van der Waals surface area contributed by atoms with Crippen LogP contribution in [0.3, 0.4) is 0 Å². The molecule has 0 aliphatic heterocycles. The minimum absolute atomic E-state index is 0. The topological polar surface area (TPSA) is 102 Å². The number of aliphatic carboxylic acids is 1. The van der Waals surface area contributed by atoms with Gasteiger partial charge in [-0.1, -0.05) is 0 Å². The quantitative estimate of drug-likeness (QED) is 0.391. The van der Waals surface area contributed by atoms with Crippen LogP contribution in [0.2, 0.25) is 0 Å². The molecule has 0 spiro atoms.